The van der Waals surface area contributed by atoms with Gasteiger partial charge in [-0.1, -0.05) is 0 Å². The predicted octanol–water partition coefficient (Wildman–Crippen LogP) is 1.48. The van der Waals surface area contributed by atoms with Gasteiger partial charge in [-0.15, -0.1) is 0 Å². The fourth-order valence-corrected chi connectivity index (χ4v) is 2.72. The second-order valence-electron chi connectivity index (χ2n) is 5.68. The molecule has 20 heavy (non-hydrogen) atoms. The number of hydrogen-bond acceptors (Lipinski definition) is 3. The normalized spacial score (nSPS) is 24.4. The fourth-order valence-electron chi connectivity index (χ4n) is 2.72. The molecule has 1 aromatic rings. The maximum atomic E-state index is 12.2. The van der Waals surface area contributed by atoms with E-state index in [0.29, 0.717) is 18.5 Å². The van der Waals surface area contributed by atoms with Crippen LogP contribution in [0.5, 0.6) is 0 Å². The van der Waals surface area contributed by atoms with E-state index in [4.69, 9.17) is 4.74 Å². The van der Waals surface area contributed by atoms with Crippen LogP contribution < -0.4 is 10.6 Å². The second-order valence-corrected chi connectivity index (χ2v) is 5.68. The van der Waals surface area contributed by atoms with Crippen LogP contribution in [-0.2, 0) is 16.0 Å². The van der Waals surface area contributed by atoms with Crippen LogP contribution >= 0.6 is 0 Å². The van der Waals surface area contributed by atoms with Crippen LogP contribution in [0, 0.1) is 0 Å². The number of rotatable bonds is 3. The maximum Gasteiger partial charge on any atom is 0.251 e. The van der Waals surface area contributed by atoms with Gasteiger partial charge in [0.1, 0.15) is 0 Å². The molecule has 0 radical (unpaired) electrons. The number of fused-ring (bicyclic) bond motifs is 1. The fraction of sp³-hybridized carbons (Fsp3) is 0.467. The Bertz CT molecular complexity index is 562. The molecular formula is C15H18N2O3. The van der Waals surface area contributed by atoms with Crippen molar-refractivity contribution >= 4 is 17.5 Å². The van der Waals surface area contributed by atoms with E-state index >= 15 is 0 Å². The molecule has 0 aromatic heterocycles. The average Bonchev–Trinajstić information content (AvgIpc) is 3.00. The number of benzene rings is 1. The quantitative estimate of drug-likeness (QED) is 0.877. The number of carbonyl (C=O) groups excluding carboxylic acids is 2. The number of anilines is 1. The third kappa shape index (κ3) is 2.54. The number of hydrogen-bond donors (Lipinski definition) is 2. The summed E-state index contributed by atoms with van der Waals surface area (Å²) in [4.78, 5) is 23.4. The van der Waals surface area contributed by atoms with Crippen LogP contribution in [0.25, 0.3) is 0 Å². The minimum Gasteiger partial charge on any atom is -0.373 e. The van der Waals surface area contributed by atoms with E-state index < -0.39 is 0 Å². The number of carbonyl (C=O) groups is 2. The molecule has 1 fully saturated rings. The van der Waals surface area contributed by atoms with Crippen molar-refractivity contribution in [1.29, 1.82) is 0 Å². The van der Waals surface area contributed by atoms with Gasteiger partial charge in [-0.25, -0.2) is 0 Å². The molecule has 0 spiro atoms. The molecule has 1 saturated heterocycles. The standard InChI is InChI=1S/C15H18N2O3/c1-15(5-2-6-20-15)9-16-14(19)10-3-4-12-11(7-10)8-13(18)17-12/h3-4,7H,2,5-6,8-9H2,1H3,(H,16,19)(H,17,18). The van der Waals surface area contributed by atoms with E-state index in [-0.39, 0.29) is 17.4 Å². The van der Waals surface area contributed by atoms with Gasteiger partial charge in [0.25, 0.3) is 5.91 Å². The van der Waals surface area contributed by atoms with Crippen molar-refractivity contribution in [3.8, 4) is 0 Å². The van der Waals surface area contributed by atoms with Crippen LogP contribution in [0.4, 0.5) is 5.69 Å². The van der Waals surface area contributed by atoms with Crippen LogP contribution in [-0.4, -0.2) is 30.6 Å². The van der Waals surface area contributed by atoms with Gasteiger partial charge in [0.05, 0.1) is 12.0 Å². The summed E-state index contributed by atoms with van der Waals surface area (Å²) in [6, 6.07) is 5.29. The molecule has 0 aliphatic carbocycles. The SMILES string of the molecule is CC1(CNC(=O)c2ccc3c(c2)CC(=O)N3)CCCO1. The number of nitrogens with one attached hydrogen (secondary N) is 2. The zero-order valence-corrected chi connectivity index (χ0v) is 11.5. The summed E-state index contributed by atoms with van der Waals surface area (Å²) in [7, 11) is 0. The second kappa shape index (κ2) is 4.90. The molecule has 2 aliphatic heterocycles. The zero-order valence-electron chi connectivity index (χ0n) is 11.5. The molecule has 5 heteroatoms. The Labute approximate surface area is 117 Å². The van der Waals surface area contributed by atoms with E-state index in [1.165, 1.54) is 0 Å². The van der Waals surface area contributed by atoms with Crippen LogP contribution in [0.2, 0.25) is 0 Å². The van der Waals surface area contributed by atoms with Gasteiger partial charge >= 0.3 is 0 Å². The molecule has 5 nitrogen and oxygen atoms in total. The lowest BCUT2D eigenvalue weighted by atomic mass is 10.0. The molecule has 1 aromatic carbocycles. The molecule has 106 valence electrons. The van der Waals surface area contributed by atoms with Gasteiger partial charge < -0.3 is 15.4 Å². The number of amides is 2. The Hall–Kier alpha value is -1.88. The molecule has 2 N–H and O–H groups in total. The molecule has 0 bridgehead atoms. The monoisotopic (exact) mass is 274 g/mol. The molecular weight excluding hydrogens is 256 g/mol. The zero-order chi connectivity index (χ0) is 14.2. The molecule has 2 amide bonds. The van der Waals surface area contributed by atoms with Gasteiger partial charge in [0.15, 0.2) is 0 Å². The summed E-state index contributed by atoms with van der Waals surface area (Å²) in [5.41, 5.74) is 2.02. The molecule has 2 aliphatic rings. The van der Waals surface area contributed by atoms with Gasteiger partial charge in [-0.3, -0.25) is 9.59 Å². The first-order valence-corrected chi connectivity index (χ1v) is 6.91. The highest BCUT2D eigenvalue weighted by Gasteiger charge is 2.30. The lowest BCUT2D eigenvalue weighted by Crippen LogP contribution is -2.40. The lowest BCUT2D eigenvalue weighted by molar-refractivity contribution is -0.115. The Morgan fingerprint density at radius 1 is 1.50 bits per heavy atom. The topological polar surface area (TPSA) is 67.4 Å². The van der Waals surface area contributed by atoms with E-state index in [9.17, 15) is 9.59 Å². The highest BCUT2D eigenvalue weighted by atomic mass is 16.5. The Kier molecular flexibility index (Phi) is 3.22. The van der Waals surface area contributed by atoms with Crippen molar-refractivity contribution in [1.82, 2.24) is 5.32 Å². The summed E-state index contributed by atoms with van der Waals surface area (Å²) in [5, 5.41) is 5.67. The maximum absolute atomic E-state index is 12.2. The van der Waals surface area contributed by atoms with Crippen molar-refractivity contribution in [3.63, 3.8) is 0 Å². The lowest BCUT2D eigenvalue weighted by Gasteiger charge is -2.23. The molecule has 0 saturated carbocycles. The molecule has 1 unspecified atom stereocenters. The minimum atomic E-state index is -0.246. The van der Waals surface area contributed by atoms with Gasteiger partial charge in [0.2, 0.25) is 5.91 Å². The van der Waals surface area contributed by atoms with Gasteiger partial charge in [-0.2, -0.15) is 0 Å². The van der Waals surface area contributed by atoms with E-state index in [0.717, 1.165) is 30.7 Å². The average molecular weight is 274 g/mol. The first kappa shape index (κ1) is 13.1. The summed E-state index contributed by atoms with van der Waals surface area (Å²) in [5.74, 6) is -0.145. The first-order chi connectivity index (χ1) is 9.56. The summed E-state index contributed by atoms with van der Waals surface area (Å²) < 4.78 is 5.65. The first-order valence-electron chi connectivity index (χ1n) is 6.91. The van der Waals surface area contributed by atoms with Gasteiger partial charge in [0, 0.05) is 24.4 Å². The van der Waals surface area contributed by atoms with Crippen LogP contribution in [0.3, 0.4) is 0 Å². The van der Waals surface area contributed by atoms with Crippen molar-refractivity contribution in [2.45, 2.75) is 31.8 Å². The van der Waals surface area contributed by atoms with Crippen molar-refractivity contribution in [3.05, 3.63) is 29.3 Å². The third-order valence-electron chi connectivity index (χ3n) is 3.92. The summed E-state index contributed by atoms with van der Waals surface area (Å²) >= 11 is 0. The molecule has 3 rings (SSSR count). The minimum absolute atomic E-state index is 0.0237. The molecule has 1 atom stereocenters. The van der Waals surface area contributed by atoms with E-state index in [1.54, 1.807) is 18.2 Å². The van der Waals surface area contributed by atoms with Crippen molar-refractivity contribution < 1.29 is 14.3 Å². The van der Waals surface area contributed by atoms with Crippen LogP contribution in [0.15, 0.2) is 18.2 Å². The van der Waals surface area contributed by atoms with Crippen molar-refractivity contribution in [2.24, 2.45) is 0 Å². The highest BCUT2D eigenvalue weighted by Crippen LogP contribution is 2.25. The smallest absolute Gasteiger partial charge is 0.251 e. The van der Waals surface area contributed by atoms with Crippen molar-refractivity contribution in [2.75, 3.05) is 18.5 Å². The summed E-state index contributed by atoms with van der Waals surface area (Å²) in [6.07, 6.45) is 2.35. The third-order valence-corrected chi connectivity index (χ3v) is 3.92. The Morgan fingerprint density at radius 2 is 2.35 bits per heavy atom. The van der Waals surface area contributed by atoms with E-state index in [2.05, 4.69) is 10.6 Å². The largest absolute Gasteiger partial charge is 0.373 e. The van der Waals surface area contributed by atoms with Gasteiger partial charge in [-0.05, 0) is 43.5 Å². The van der Waals surface area contributed by atoms with E-state index in [1.807, 2.05) is 6.92 Å². The van der Waals surface area contributed by atoms with Crippen LogP contribution in [0.1, 0.15) is 35.7 Å². The summed E-state index contributed by atoms with van der Waals surface area (Å²) in [6.45, 7) is 3.30. The predicted molar refractivity (Wildman–Crippen MR) is 74.7 cm³/mol. The highest BCUT2D eigenvalue weighted by molar-refractivity contribution is 6.01. The Balaban J connectivity index is 1.66. The number of ether oxygens (including phenoxy) is 1. The Morgan fingerprint density at radius 3 is 3.10 bits per heavy atom. The molecule has 2 heterocycles.